The van der Waals surface area contributed by atoms with Crippen LogP contribution < -0.4 is 0 Å². The first kappa shape index (κ1) is 41.1. The van der Waals surface area contributed by atoms with Gasteiger partial charge in [0.2, 0.25) is 0 Å². The van der Waals surface area contributed by atoms with E-state index in [0.29, 0.717) is 50.7 Å². The number of aromatic nitrogens is 4. The van der Waals surface area contributed by atoms with E-state index in [1.54, 1.807) is 24.3 Å². The standard InChI is InChI=1S/C62H34N8/c1-66-57-34-52(41-22-24-44(25-23-41)56-35-55(43-18-14-39(36-63)15-19-43)67-62(68-56)45-20-16-40(37-64)17-21-45)46(38-65)32-53(57)42-26-28-47(29-27-42)69-60-13-7-4-10-51(60)54-33-48(30-31-61(54)69)70-58-11-5-2-8-49(58)50-9-3-6-12-59(50)70/h2-35H. The highest BCUT2D eigenvalue weighted by atomic mass is 15.0. The summed E-state index contributed by atoms with van der Waals surface area (Å²) in [4.78, 5) is 13.8. The second-order valence-corrected chi connectivity index (χ2v) is 17.0. The van der Waals surface area contributed by atoms with Crippen molar-refractivity contribution in [3.05, 3.63) is 234 Å². The van der Waals surface area contributed by atoms with Crippen molar-refractivity contribution in [3.8, 4) is 85.7 Å². The zero-order valence-electron chi connectivity index (χ0n) is 37.2. The molecule has 8 nitrogen and oxygen atoms in total. The summed E-state index contributed by atoms with van der Waals surface area (Å²) < 4.78 is 4.64. The fourth-order valence-corrected chi connectivity index (χ4v) is 9.71. The molecular weight excluding hydrogens is 857 g/mol. The maximum Gasteiger partial charge on any atom is 0.195 e. The van der Waals surface area contributed by atoms with Crippen LogP contribution in [0.2, 0.25) is 0 Å². The number of hydrogen-bond donors (Lipinski definition) is 0. The lowest BCUT2D eigenvalue weighted by Crippen LogP contribution is -1.96. The van der Waals surface area contributed by atoms with Crippen molar-refractivity contribution in [2.75, 3.05) is 0 Å². The van der Waals surface area contributed by atoms with E-state index in [-0.39, 0.29) is 0 Å². The molecule has 0 fully saturated rings. The average Bonchev–Trinajstić information content (AvgIpc) is 3.95. The van der Waals surface area contributed by atoms with Crippen molar-refractivity contribution in [2.45, 2.75) is 0 Å². The van der Waals surface area contributed by atoms with Crippen LogP contribution in [0.1, 0.15) is 16.7 Å². The van der Waals surface area contributed by atoms with E-state index in [2.05, 4.69) is 135 Å². The molecule has 0 aliphatic rings. The highest BCUT2D eigenvalue weighted by molar-refractivity contribution is 6.12. The summed E-state index contributed by atoms with van der Waals surface area (Å²) in [5.41, 5.74) is 15.3. The van der Waals surface area contributed by atoms with Crippen molar-refractivity contribution in [3.63, 3.8) is 0 Å². The van der Waals surface area contributed by atoms with Crippen LogP contribution in [0.15, 0.2) is 206 Å². The molecule has 0 unspecified atom stereocenters. The molecule has 0 N–H and O–H groups in total. The summed E-state index contributed by atoms with van der Waals surface area (Å²) in [5, 5.41) is 34.1. The molecule has 0 radical (unpaired) electrons. The van der Waals surface area contributed by atoms with Crippen LogP contribution in [-0.2, 0) is 0 Å². The van der Waals surface area contributed by atoms with Gasteiger partial charge in [0.05, 0.1) is 74.9 Å². The summed E-state index contributed by atoms with van der Waals surface area (Å²) in [6, 6.07) is 75.0. The van der Waals surface area contributed by atoms with Crippen LogP contribution in [-0.4, -0.2) is 19.1 Å². The Balaban J connectivity index is 0.882. The number of nitrogens with zero attached hydrogens (tertiary/aromatic N) is 8. The highest BCUT2D eigenvalue weighted by Gasteiger charge is 2.19. The maximum atomic E-state index is 10.6. The van der Waals surface area contributed by atoms with Gasteiger partial charge in [-0.2, -0.15) is 15.8 Å². The Morgan fingerprint density at radius 2 is 0.829 bits per heavy atom. The van der Waals surface area contributed by atoms with Gasteiger partial charge in [0.25, 0.3) is 0 Å². The van der Waals surface area contributed by atoms with Crippen LogP contribution in [0.4, 0.5) is 5.69 Å². The molecule has 0 atom stereocenters. The lowest BCUT2D eigenvalue weighted by molar-refractivity contribution is 1.17. The minimum atomic E-state index is 0.440. The SMILES string of the molecule is [C-]#[N+]c1cc(-c2ccc(-c3cc(-c4ccc(C#N)cc4)nc(-c4ccc(C#N)cc4)n3)cc2)c(C#N)cc1-c1ccc(-n2c3ccccc3c3cc(-n4c5ccccc5c5ccccc54)ccc32)cc1. The minimum Gasteiger partial charge on any atom is -0.309 e. The van der Waals surface area contributed by atoms with Crippen LogP contribution in [0.5, 0.6) is 0 Å². The molecule has 12 rings (SSSR count). The second-order valence-electron chi connectivity index (χ2n) is 17.0. The lowest BCUT2D eigenvalue weighted by atomic mass is 9.93. The smallest absolute Gasteiger partial charge is 0.195 e. The summed E-state index contributed by atoms with van der Waals surface area (Å²) >= 11 is 0. The van der Waals surface area contributed by atoms with Crippen LogP contribution >= 0.6 is 0 Å². The molecule has 0 spiro atoms. The topological polar surface area (TPSA) is 111 Å². The Labute approximate surface area is 402 Å². The monoisotopic (exact) mass is 890 g/mol. The minimum absolute atomic E-state index is 0.440. The van der Waals surface area contributed by atoms with Gasteiger partial charge in [-0.05, 0) is 125 Å². The largest absolute Gasteiger partial charge is 0.309 e. The molecule has 0 aliphatic heterocycles. The van der Waals surface area contributed by atoms with Crippen molar-refractivity contribution >= 4 is 49.3 Å². The van der Waals surface area contributed by atoms with E-state index in [0.717, 1.165) is 72.0 Å². The maximum absolute atomic E-state index is 10.6. The Morgan fingerprint density at radius 1 is 0.386 bits per heavy atom. The average molecular weight is 891 g/mol. The highest BCUT2D eigenvalue weighted by Crippen LogP contribution is 2.41. The number of benzene rings is 9. The van der Waals surface area contributed by atoms with Crippen LogP contribution in [0, 0.1) is 40.6 Å². The third-order valence-corrected chi connectivity index (χ3v) is 13.1. The molecular formula is C62H34N8. The van der Waals surface area contributed by atoms with Gasteiger partial charge < -0.3 is 9.13 Å². The molecule has 322 valence electrons. The summed E-state index contributed by atoms with van der Waals surface area (Å²) in [6.45, 7) is 8.28. The zero-order chi connectivity index (χ0) is 47.3. The first-order valence-corrected chi connectivity index (χ1v) is 22.6. The van der Waals surface area contributed by atoms with Gasteiger partial charge in [0, 0.05) is 49.6 Å². The quantitative estimate of drug-likeness (QED) is 0.148. The van der Waals surface area contributed by atoms with Gasteiger partial charge in [-0.3, -0.25) is 0 Å². The number of hydrogen-bond acceptors (Lipinski definition) is 5. The van der Waals surface area contributed by atoms with E-state index in [1.165, 1.54) is 10.8 Å². The zero-order valence-corrected chi connectivity index (χ0v) is 37.2. The van der Waals surface area contributed by atoms with Gasteiger partial charge in [-0.25, -0.2) is 14.8 Å². The van der Waals surface area contributed by atoms with Crippen LogP contribution in [0.3, 0.4) is 0 Å². The number of fused-ring (bicyclic) bond motifs is 6. The third kappa shape index (κ3) is 6.90. The normalized spacial score (nSPS) is 11.1. The van der Waals surface area contributed by atoms with E-state index in [9.17, 15) is 15.8 Å². The summed E-state index contributed by atoms with van der Waals surface area (Å²) in [5.74, 6) is 0.489. The number of para-hydroxylation sites is 3. The lowest BCUT2D eigenvalue weighted by Gasteiger charge is -2.13. The first-order valence-electron chi connectivity index (χ1n) is 22.6. The molecule has 3 heterocycles. The molecule has 3 aromatic heterocycles. The van der Waals surface area contributed by atoms with E-state index < -0.39 is 0 Å². The Hall–Kier alpha value is -10.4. The second kappa shape index (κ2) is 16.8. The van der Waals surface area contributed by atoms with Gasteiger partial charge in [-0.15, -0.1) is 0 Å². The van der Waals surface area contributed by atoms with Crippen molar-refractivity contribution in [2.24, 2.45) is 0 Å². The molecule has 8 heteroatoms. The Kier molecular flexibility index (Phi) is 9.86. The van der Waals surface area contributed by atoms with Gasteiger partial charge in [0.1, 0.15) is 0 Å². The molecule has 9 aromatic carbocycles. The van der Waals surface area contributed by atoms with E-state index >= 15 is 0 Å². The molecule has 0 amide bonds. The number of nitriles is 3. The first-order chi connectivity index (χ1) is 34.5. The Morgan fingerprint density at radius 3 is 1.37 bits per heavy atom. The van der Waals surface area contributed by atoms with Gasteiger partial charge >= 0.3 is 0 Å². The predicted molar refractivity (Wildman–Crippen MR) is 278 cm³/mol. The Bertz CT molecular complexity index is 4120. The molecule has 0 bridgehead atoms. The van der Waals surface area contributed by atoms with Gasteiger partial charge in [-0.1, -0.05) is 103 Å². The fraction of sp³-hybridized carbons (Fsp3) is 0. The molecule has 12 aromatic rings. The van der Waals surface area contributed by atoms with Crippen molar-refractivity contribution in [1.29, 1.82) is 15.8 Å². The number of rotatable bonds is 7. The third-order valence-electron chi connectivity index (χ3n) is 13.1. The predicted octanol–water partition coefficient (Wildman–Crippen LogP) is 15.2. The molecule has 70 heavy (non-hydrogen) atoms. The van der Waals surface area contributed by atoms with Crippen molar-refractivity contribution < 1.29 is 0 Å². The van der Waals surface area contributed by atoms with E-state index in [1.807, 2.05) is 78.9 Å². The van der Waals surface area contributed by atoms with Gasteiger partial charge in [0.15, 0.2) is 11.5 Å². The summed E-state index contributed by atoms with van der Waals surface area (Å²) in [6.07, 6.45) is 0. The molecule has 0 aliphatic carbocycles. The van der Waals surface area contributed by atoms with Crippen LogP contribution in [0.25, 0.3) is 116 Å². The van der Waals surface area contributed by atoms with Crippen molar-refractivity contribution in [1.82, 2.24) is 19.1 Å². The fourth-order valence-electron chi connectivity index (χ4n) is 9.71. The molecule has 0 saturated carbocycles. The van der Waals surface area contributed by atoms with E-state index in [4.69, 9.17) is 16.5 Å². The molecule has 0 saturated heterocycles. The summed E-state index contributed by atoms with van der Waals surface area (Å²) in [7, 11) is 0.